The number of amides is 1. The minimum absolute atomic E-state index is 0.0257. The summed E-state index contributed by atoms with van der Waals surface area (Å²) in [4.78, 5) is 15.9. The number of hydrogen-bond acceptors (Lipinski definition) is 5. The lowest BCUT2D eigenvalue weighted by atomic mass is 10.2. The number of thiophene rings is 1. The van der Waals surface area contributed by atoms with E-state index in [4.69, 9.17) is 23.2 Å². The van der Waals surface area contributed by atoms with Crippen molar-refractivity contribution in [3.8, 4) is 0 Å². The first-order chi connectivity index (χ1) is 13.7. The highest BCUT2D eigenvalue weighted by atomic mass is 35.5. The van der Waals surface area contributed by atoms with Gasteiger partial charge < -0.3 is 4.90 Å². The first kappa shape index (κ1) is 20.7. The Kier molecular flexibility index (Phi) is 5.40. The molecule has 3 aromatic rings. The van der Waals surface area contributed by atoms with E-state index in [9.17, 15) is 13.2 Å². The normalized spacial score (nSPS) is 18.4. The molecule has 0 bridgehead atoms. The number of aryl methyl sites for hydroxylation is 1. The molecule has 0 saturated carbocycles. The van der Waals surface area contributed by atoms with Crippen LogP contribution in [0.2, 0.25) is 10.0 Å². The van der Waals surface area contributed by atoms with Crippen molar-refractivity contribution in [2.24, 2.45) is 0 Å². The Balaban J connectivity index is 1.65. The summed E-state index contributed by atoms with van der Waals surface area (Å²) >= 11 is 13.9. The lowest BCUT2D eigenvalue weighted by molar-refractivity contribution is 0.0752. The van der Waals surface area contributed by atoms with Gasteiger partial charge in [0.2, 0.25) is 0 Å². The van der Waals surface area contributed by atoms with E-state index >= 15 is 0 Å². The molecule has 1 amide bonds. The number of nitrogens with zero attached hydrogens (tertiary/aromatic N) is 3. The van der Waals surface area contributed by atoms with Crippen molar-refractivity contribution in [3.05, 3.63) is 50.4 Å². The topological polar surface area (TPSA) is 72.3 Å². The Morgan fingerprint density at radius 2 is 2.03 bits per heavy atom. The van der Waals surface area contributed by atoms with Crippen molar-refractivity contribution in [2.75, 3.05) is 18.6 Å². The minimum Gasteiger partial charge on any atom is -0.337 e. The van der Waals surface area contributed by atoms with Crippen LogP contribution in [0, 0.1) is 6.92 Å². The van der Waals surface area contributed by atoms with Crippen molar-refractivity contribution in [3.63, 3.8) is 0 Å². The Labute approximate surface area is 182 Å². The minimum atomic E-state index is -3.06. The van der Waals surface area contributed by atoms with E-state index in [-0.39, 0.29) is 23.5 Å². The van der Waals surface area contributed by atoms with E-state index in [1.54, 1.807) is 34.8 Å². The van der Waals surface area contributed by atoms with E-state index in [0.717, 1.165) is 21.5 Å². The maximum atomic E-state index is 13.0. The molecule has 154 valence electrons. The molecule has 0 aliphatic carbocycles. The van der Waals surface area contributed by atoms with E-state index in [1.165, 1.54) is 11.3 Å². The molecular weight excluding hydrogens is 453 g/mol. The first-order valence-electron chi connectivity index (χ1n) is 9.03. The molecule has 1 aromatic carbocycles. The molecule has 4 rings (SSSR count). The van der Waals surface area contributed by atoms with Gasteiger partial charge in [0.1, 0.15) is 4.83 Å². The zero-order valence-electron chi connectivity index (χ0n) is 15.9. The van der Waals surface area contributed by atoms with Crippen LogP contribution in [0.4, 0.5) is 0 Å². The van der Waals surface area contributed by atoms with Gasteiger partial charge in [-0.25, -0.2) is 13.1 Å². The van der Waals surface area contributed by atoms with Gasteiger partial charge in [0.05, 0.1) is 28.6 Å². The van der Waals surface area contributed by atoms with Crippen LogP contribution in [0.15, 0.2) is 24.3 Å². The summed E-state index contributed by atoms with van der Waals surface area (Å²) in [5.74, 6) is -0.0122. The Morgan fingerprint density at radius 1 is 1.34 bits per heavy atom. The number of sulfone groups is 1. The number of fused-ring (bicyclic) bond motifs is 1. The second-order valence-electron chi connectivity index (χ2n) is 7.25. The lowest BCUT2D eigenvalue weighted by Crippen LogP contribution is -2.37. The average molecular weight is 472 g/mol. The monoisotopic (exact) mass is 471 g/mol. The van der Waals surface area contributed by atoms with Crippen LogP contribution in [0.5, 0.6) is 0 Å². The number of benzene rings is 1. The molecule has 0 radical (unpaired) electrons. The van der Waals surface area contributed by atoms with Crippen LogP contribution in [0.1, 0.15) is 27.3 Å². The molecule has 0 unspecified atom stereocenters. The third-order valence-corrected chi connectivity index (χ3v) is 8.86. The maximum Gasteiger partial charge on any atom is 0.264 e. The number of aromatic nitrogens is 2. The van der Waals surface area contributed by atoms with Gasteiger partial charge in [-0.2, -0.15) is 5.10 Å². The fourth-order valence-electron chi connectivity index (χ4n) is 3.58. The average Bonchev–Trinajstić information content (AvgIpc) is 3.32. The Bertz CT molecular complexity index is 1200. The molecule has 6 nitrogen and oxygen atoms in total. The third-order valence-electron chi connectivity index (χ3n) is 5.26. The van der Waals surface area contributed by atoms with Gasteiger partial charge in [0.15, 0.2) is 9.84 Å². The number of carbonyl (C=O) groups is 1. The predicted octanol–water partition coefficient (Wildman–Crippen LogP) is 4.02. The number of halogens is 2. The first-order valence-corrected chi connectivity index (χ1v) is 12.4. The number of carbonyl (C=O) groups excluding carboxylic acids is 1. The lowest BCUT2D eigenvalue weighted by Gasteiger charge is -2.22. The maximum absolute atomic E-state index is 13.0. The zero-order valence-corrected chi connectivity index (χ0v) is 19.0. The summed E-state index contributed by atoms with van der Waals surface area (Å²) < 4.78 is 25.3. The molecule has 29 heavy (non-hydrogen) atoms. The van der Waals surface area contributed by atoms with E-state index in [1.807, 2.05) is 13.0 Å². The molecule has 1 aliphatic heterocycles. The van der Waals surface area contributed by atoms with Gasteiger partial charge in [0, 0.05) is 34.1 Å². The highest BCUT2D eigenvalue weighted by Gasteiger charge is 2.33. The largest absolute Gasteiger partial charge is 0.337 e. The SMILES string of the molecule is Cc1nn(Cc2c(Cl)cccc2Cl)c2sc(C(=O)N(C)[C@@H]3CCS(=O)(=O)C3)cc12. The zero-order chi connectivity index (χ0) is 20.9. The van der Waals surface area contributed by atoms with Crippen molar-refractivity contribution in [1.82, 2.24) is 14.7 Å². The fourth-order valence-corrected chi connectivity index (χ4v) is 7.01. The summed E-state index contributed by atoms with van der Waals surface area (Å²) in [6.45, 7) is 2.29. The van der Waals surface area contributed by atoms with Crippen LogP contribution in [-0.4, -0.2) is 53.6 Å². The second-order valence-corrected chi connectivity index (χ2v) is 11.3. The molecule has 1 aliphatic rings. The molecule has 10 heteroatoms. The summed E-state index contributed by atoms with van der Waals surface area (Å²) in [6, 6.07) is 6.90. The molecule has 1 atom stereocenters. The molecule has 1 saturated heterocycles. The van der Waals surface area contributed by atoms with E-state index in [2.05, 4.69) is 5.10 Å². The summed E-state index contributed by atoms with van der Waals surface area (Å²) in [7, 11) is -1.39. The summed E-state index contributed by atoms with van der Waals surface area (Å²) in [5, 5.41) is 6.60. The van der Waals surface area contributed by atoms with Gasteiger partial charge >= 0.3 is 0 Å². The number of hydrogen-bond donors (Lipinski definition) is 0. The van der Waals surface area contributed by atoms with Gasteiger partial charge in [-0.1, -0.05) is 29.3 Å². The molecule has 3 heterocycles. The quantitative estimate of drug-likeness (QED) is 0.575. The van der Waals surface area contributed by atoms with Crippen LogP contribution in [0.25, 0.3) is 10.2 Å². The smallest absolute Gasteiger partial charge is 0.264 e. The van der Waals surface area contributed by atoms with Crippen LogP contribution < -0.4 is 0 Å². The standard InChI is InChI=1S/C19H19Cl2N3O3S2/c1-11-13-8-17(18(25)23(2)12-6-7-29(26,27)10-12)28-19(13)24(22-11)9-14-15(20)4-3-5-16(14)21/h3-5,8,12H,6-7,9-10H2,1-2H3/t12-/m1/s1. The Hall–Kier alpha value is -1.61. The number of rotatable bonds is 4. The predicted molar refractivity (Wildman–Crippen MR) is 117 cm³/mol. The van der Waals surface area contributed by atoms with Gasteiger partial charge in [0.25, 0.3) is 5.91 Å². The van der Waals surface area contributed by atoms with Crippen molar-refractivity contribution in [1.29, 1.82) is 0 Å². The van der Waals surface area contributed by atoms with Crippen molar-refractivity contribution < 1.29 is 13.2 Å². The summed E-state index contributed by atoms with van der Waals surface area (Å²) in [5.41, 5.74) is 1.58. The van der Waals surface area contributed by atoms with Crippen LogP contribution in [-0.2, 0) is 16.4 Å². The molecule has 0 spiro atoms. The van der Waals surface area contributed by atoms with E-state index < -0.39 is 9.84 Å². The third kappa shape index (κ3) is 3.91. The van der Waals surface area contributed by atoms with Crippen molar-refractivity contribution in [2.45, 2.75) is 25.9 Å². The summed E-state index contributed by atoms with van der Waals surface area (Å²) in [6.07, 6.45) is 0.479. The van der Waals surface area contributed by atoms with E-state index in [0.29, 0.717) is 27.9 Å². The van der Waals surface area contributed by atoms with Gasteiger partial charge in [-0.15, -0.1) is 11.3 Å². The molecule has 1 fully saturated rings. The van der Waals surface area contributed by atoms with Crippen LogP contribution in [0.3, 0.4) is 0 Å². The highest BCUT2D eigenvalue weighted by Crippen LogP contribution is 2.32. The highest BCUT2D eigenvalue weighted by molar-refractivity contribution is 7.91. The Morgan fingerprint density at radius 3 is 2.66 bits per heavy atom. The molecule has 2 aromatic heterocycles. The molecule has 0 N–H and O–H groups in total. The van der Waals surface area contributed by atoms with Gasteiger partial charge in [-0.3, -0.25) is 4.79 Å². The van der Waals surface area contributed by atoms with Gasteiger partial charge in [-0.05, 0) is 31.5 Å². The van der Waals surface area contributed by atoms with Crippen molar-refractivity contribution >= 4 is 60.5 Å². The van der Waals surface area contributed by atoms with Crippen LogP contribution >= 0.6 is 34.5 Å². The molecular formula is C19H19Cl2N3O3S2. The second kappa shape index (κ2) is 7.58. The fraction of sp³-hybridized carbons (Fsp3) is 0.368.